The monoisotopic (exact) mass is 275 g/mol. The van der Waals surface area contributed by atoms with Crippen molar-refractivity contribution in [2.45, 2.75) is 6.42 Å². The van der Waals surface area contributed by atoms with Gasteiger partial charge in [0.05, 0.1) is 12.8 Å². The second-order valence-electron chi connectivity index (χ2n) is 6.00. The van der Waals surface area contributed by atoms with Gasteiger partial charge in [0.15, 0.2) is 0 Å². The number of halogens is 1. The van der Waals surface area contributed by atoms with Gasteiger partial charge in [0.25, 0.3) is 0 Å². The Hall–Kier alpha value is -1.15. The lowest BCUT2D eigenvalue weighted by Crippen LogP contribution is -2.22. The van der Waals surface area contributed by atoms with Gasteiger partial charge >= 0.3 is 0 Å². The molecule has 1 aromatic rings. The number of anilines is 1. The zero-order chi connectivity index (χ0) is 13.0. The average molecular weight is 276 g/mol. The van der Waals surface area contributed by atoms with Crippen molar-refractivity contribution in [3.8, 4) is 5.75 Å². The van der Waals surface area contributed by atoms with Gasteiger partial charge in [0, 0.05) is 18.1 Å². The van der Waals surface area contributed by atoms with Gasteiger partial charge in [-0.25, -0.2) is 0 Å². The maximum Gasteiger partial charge on any atom is 0.142 e. The first-order chi connectivity index (χ1) is 9.26. The fourth-order valence-electron chi connectivity index (χ4n) is 4.26. The Labute approximate surface area is 119 Å². The Balaban J connectivity index is 1.64. The lowest BCUT2D eigenvalue weighted by molar-refractivity contribution is 0.395. The van der Waals surface area contributed by atoms with Crippen molar-refractivity contribution in [3.63, 3.8) is 0 Å². The van der Waals surface area contributed by atoms with Gasteiger partial charge in [-0.15, -0.1) is 0 Å². The summed E-state index contributed by atoms with van der Waals surface area (Å²) in [4.78, 5) is 2.46. The normalized spacial score (nSPS) is 34.9. The van der Waals surface area contributed by atoms with Crippen LogP contribution in [0.3, 0.4) is 0 Å². The molecule has 0 radical (unpaired) electrons. The Kier molecular flexibility index (Phi) is 2.56. The summed E-state index contributed by atoms with van der Waals surface area (Å²) in [6.45, 7) is 2.29. The van der Waals surface area contributed by atoms with E-state index in [2.05, 4.69) is 17.1 Å². The molecule has 0 N–H and O–H groups in total. The molecule has 0 aromatic heterocycles. The highest BCUT2D eigenvalue weighted by molar-refractivity contribution is 6.30. The summed E-state index contributed by atoms with van der Waals surface area (Å²) < 4.78 is 5.49. The zero-order valence-corrected chi connectivity index (χ0v) is 11.8. The number of methoxy groups -OCH3 is 1. The standard InChI is InChI=1S/C16H18ClNO/c1-19-16-5-4-12(17)7-15(16)18-8-13-10-2-3-11(6-10)14(13)9-18/h2-5,7,10-11,13-14H,6,8-9H2,1H3. The van der Waals surface area contributed by atoms with Crippen molar-refractivity contribution in [1.29, 1.82) is 0 Å². The van der Waals surface area contributed by atoms with E-state index < -0.39 is 0 Å². The van der Waals surface area contributed by atoms with Crippen LogP contribution in [0.1, 0.15) is 6.42 Å². The third kappa shape index (κ3) is 1.69. The maximum atomic E-state index is 6.15. The topological polar surface area (TPSA) is 12.5 Å². The van der Waals surface area contributed by atoms with Crippen molar-refractivity contribution in [2.75, 3.05) is 25.1 Å². The van der Waals surface area contributed by atoms with Crippen LogP contribution in [0.15, 0.2) is 30.4 Å². The van der Waals surface area contributed by atoms with Crippen LogP contribution >= 0.6 is 11.6 Å². The Bertz CT molecular complexity index is 522. The lowest BCUT2D eigenvalue weighted by atomic mass is 9.86. The largest absolute Gasteiger partial charge is 0.495 e. The van der Waals surface area contributed by atoms with Crippen LogP contribution < -0.4 is 9.64 Å². The summed E-state index contributed by atoms with van der Waals surface area (Å²) >= 11 is 6.15. The van der Waals surface area contributed by atoms with Gasteiger partial charge in [-0.05, 0) is 48.3 Å². The predicted molar refractivity (Wildman–Crippen MR) is 77.9 cm³/mol. The van der Waals surface area contributed by atoms with Crippen molar-refractivity contribution in [1.82, 2.24) is 0 Å². The molecular formula is C16H18ClNO. The van der Waals surface area contributed by atoms with Gasteiger partial charge < -0.3 is 9.64 Å². The molecular weight excluding hydrogens is 258 g/mol. The number of benzene rings is 1. The molecule has 1 saturated heterocycles. The van der Waals surface area contributed by atoms with Crippen LogP contribution in [0.5, 0.6) is 5.75 Å². The summed E-state index contributed by atoms with van der Waals surface area (Å²) in [7, 11) is 1.73. The first kappa shape index (κ1) is 11.7. The number of nitrogens with zero attached hydrogens (tertiary/aromatic N) is 1. The second kappa shape index (κ2) is 4.17. The van der Waals surface area contributed by atoms with Crippen molar-refractivity contribution in [2.24, 2.45) is 23.7 Å². The molecule has 0 amide bonds. The number of hydrogen-bond acceptors (Lipinski definition) is 2. The molecule has 4 atom stereocenters. The minimum Gasteiger partial charge on any atom is -0.495 e. The lowest BCUT2D eigenvalue weighted by Gasteiger charge is -2.23. The molecule has 0 spiro atoms. The van der Waals surface area contributed by atoms with E-state index in [0.717, 1.165) is 53.2 Å². The fraction of sp³-hybridized carbons (Fsp3) is 0.500. The molecule has 2 nitrogen and oxygen atoms in total. The first-order valence-corrected chi connectivity index (χ1v) is 7.41. The number of allylic oxidation sites excluding steroid dienone is 2. The second-order valence-corrected chi connectivity index (χ2v) is 6.43. The number of fused-ring (bicyclic) bond motifs is 5. The summed E-state index contributed by atoms with van der Waals surface area (Å²) in [5.74, 6) is 4.22. The molecule has 4 unspecified atom stereocenters. The Morgan fingerprint density at radius 2 is 1.84 bits per heavy atom. The van der Waals surface area contributed by atoms with E-state index >= 15 is 0 Å². The van der Waals surface area contributed by atoms with Crippen LogP contribution in [0.2, 0.25) is 5.02 Å². The van der Waals surface area contributed by atoms with Crippen molar-refractivity contribution >= 4 is 17.3 Å². The van der Waals surface area contributed by atoms with Crippen LogP contribution in [-0.4, -0.2) is 20.2 Å². The molecule has 4 rings (SSSR count). The summed E-state index contributed by atoms with van der Waals surface area (Å²) in [5, 5.41) is 0.786. The van der Waals surface area contributed by atoms with Crippen LogP contribution in [0.25, 0.3) is 0 Å². The fourth-order valence-corrected chi connectivity index (χ4v) is 4.43. The molecule has 2 fully saturated rings. The molecule has 1 saturated carbocycles. The van der Waals surface area contributed by atoms with Gasteiger partial charge in [0.1, 0.15) is 5.75 Å². The minimum atomic E-state index is 0.786. The van der Waals surface area contributed by atoms with Gasteiger partial charge in [0.2, 0.25) is 0 Å². The maximum absolute atomic E-state index is 6.15. The van der Waals surface area contributed by atoms with E-state index in [1.165, 1.54) is 6.42 Å². The molecule has 1 aliphatic heterocycles. The molecule has 1 heterocycles. The first-order valence-electron chi connectivity index (χ1n) is 7.03. The molecule has 2 bridgehead atoms. The molecule has 3 heteroatoms. The average Bonchev–Trinajstić information content (AvgIpc) is 3.11. The third-order valence-corrected chi connectivity index (χ3v) is 5.38. The van der Waals surface area contributed by atoms with E-state index in [1.807, 2.05) is 18.2 Å². The Morgan fingerprint density at radius 3 is 2.47 bits per heavy atom. The molecule has 1 aromatic carbocycles. The van der Waals surface area contributed by atoms with Crippen LogP contribution in [0.4, 0.5) is 5.69 Å². The SMILES string of the molecule is COc1ccc(Cl)cc1N1CC2C3C=CC(C3)C2C1. The molecule has 3 aliphatic rings. The van der Waals surface area contributed by atoms with E-state index in [1.54, 1.807) is 7.11 Å². The van der Waals surface area contributed by atoms with Crippen LogP contribution in [0, 0.1) is 23.7 Å². The summed E-state index contributed by atoms with van der Waals surface area (Å²) in [5.41, 5.74) is 1.16. The molecule has 2 aliphatic carbocycles. The smallest absolute Gasteiger partial charge is 0.142 e. The van der Waals surface area contributed by atoms with Gasteiger partial charge in [-0.2, -0.15) is 0 Å². The number of hydrogen-bond donors (Lipinski definition) is 0. The van der Waals surface area contributed by atoms with E-state index in [4.69, 9.17) is 16.3 Å². The van der Waals surface area contributed by atoms with Crippen molar-refractivity contribution < 1.29 is 4.74 Å². The molecule has 100 valence electrons. The highest BCUT2D eigenvalue weighted by Crippen LogP contribution is 2.52. The summed E-state index contributed by atoms with van der Waals surface area (Å²) in [6.07, 6.45) is 6.25. The van der Waals surface area contributed by atoms with Gasteiger partial charge in [-0.1, -0.05) is 23.8 Å². The van der Waals surface area contributed by atoms with E-state index in [9.17, 15) is 0 Å². The highest BCUT2D eigenvalue weighted by Gasteiger charge is 2.49. The number of ether oxygens (including phenoxy) is 1. The zero-order valence-electron chi connectivity index (χ0n) is 11.1. The predicted octanol–water partition coefficient (Wildman–Crippen LogP) is 3.61. The van der Waals surface area contributed by atoms with E-state index in [0.29, 0.717) is 0 Å². The quantitative estimate of drug-likeness (QED) is 0.765. The van der Waals surface area contributed by atoms with Crippen molar-refractivity contribution in [3.05, 3.63) is 35.4 Å². The minimum absolute atomic E-state index is 0.786. The third-order valence-electron chi connectivity index (χ3n) is 5.14. The van der Waals surface area contributed by atoms with Crippen LogP contribution in [-0.2, 0) is 0 Å². The summed E-state index contributed by atoms with van der Waals surface area (Å²) in [6, 6.07) is 5.90. The highest BCUT2D eigenvalue weighted by atomic mass is 35.5. The number of rotatable bonds is 2. The van der Waals surface area contributed by atoms with Gasteiger partial charge in [-0.3, -0.25) is 0 Å². The van der Waals surface area contributed by atoms with E-state index in [-0.39, 0.29) is 0 Å². The Morgan fingerprint density at radius 1 is 1.16 bits per heavy atom. The molecule has 19 heavy (non-hydrogen) atoms.